The average Bonchev–Trinajstić information content (AvgIpc) is 3.20. The predicted octanol–water partition coefficient (Wildman–Crippen LogP) is 1.36. The summed E-state index contributed by atoms with van der Waals surface area (Å²) < 4.78 is 5.21. The molecule has 2 fully saturated rings. The number of rotatable bonds is 5. The predicted molar refractivity (Wildman–Crippen MR) is 111 cm³/mol. The minimum Gasteiger partial charge on any atom is -0.497 e. The first-order valence-corrected chi connectivity index (χ1v) is 10.3. The van der Waals surface area contributed by atoms with Crippen molar-refractivity contribution in [2.45, 2.75) is 19.4 Å². The van der Waals surface area contributed by atoms with Crippen molar-refractivity contribution in [1.29, 1.82) is 0 Å². The van der Waals surface area contributed by atoms with Crippen molar-refractivity contribution in [3.63, 3.8) is 0 Å². The van der Waals surface area contributed by atoms with Gasteiger partial charge in [0.15, 0.2) is 0 Å². The Morgan fingerprint density at radius 2 is 1.69 bits per heavy atom. The molecule has 0 radical (unpaired) electrons. The second-order valence-electron chi connectivity index (χ2n) is 7.76. The molecule has 6 nitrogen and oxygen atoms in total. The molecule has 2 heterocycles. The molecule has 2 aliphatic rings. The second kappa shape index (κ2) is 8.66. The van der Waals surface area contributed by atoms with Crippen LogP contribution in [0.25, 0.3) is 0 Å². The van der Waals surface area contributed by atoms with Gasteiger partial charge in [0.2, 0.25) is 5.91 Å². The van der Waals surface area contributed by atoms with Crippen LogP contribution in [0.4, 0.5) is 5.69 Å². The summed E-state index contributed by atoms with van der Waals surface area (Å²) in [5.41, 5.74) is 2.87. The van der Waals surface area contributed by atoms with E-state index in [0.29, 0.717) is 12.0 Å². The summed E-state index contributed by atoms with van der Waals surface area (Å²) in [7, 11) is 1.68. The lowest BCUT2D eigenvalue weighted by molar-refractivity contribution is -0.917. The fourth-order valence-electron chi connectivity index (χ4n) is 4.12. The largest absolute Gasteiger partial charge is 0.497 e. The first-order valence-electron chi connectivity index (χ1n) is 10.3. The van der Waals surface area contributed by atoms with E-state index in [1.165, 1.54) is 10.5 Å². The van der Waals surface area contributed by atoms with Crippen molar-refractivity contribution in [2.75, 3.05) is 44.7 Å². The number of amides is 2. The second-order valence-corrected chi connectivity index (χ2v) is 7.76. The summed E-state index contributed by atoms with van der Waals surface area (Å²) in [4.78, 5) is 30.0. The van der Waals surface area contributed by atoms with Crippen molar-refractivity contribution < 1.29 is 19.2 Å². The van der Waals surface area contributed by atoms with Gasteiger partial charge in [0, 0.05) is 29.8 Å². The van der Waals surface area contributed by atoms with Crippen molar-refractivity contribution >= 4 is 17.5 Å². The molecule has 4 rings (SSSR count). The summed E-state index contributed by atoms with van der Waals surface area (Å²) in [5.74, 6) is 1.12. The lowest BCUT2D eigenvalue weighted by Gasteiger charge is -2.32. The molecule has 0 aliphatic carbocycles. The number of anilines is 1. The maximum absolute atomic E-state index is 12.9. The number of carbonyl (C=O) groups excluding carboxylic acids is 2. The monoisotopic (exact) mass is 394 g/mol. The van der Waals surface area contributed by atoms with Crippen LogP contribution in [0.1, 0.15) is 28.8 Å². The summed E-state index contributed by atoms with van der Waals surface area (Å²) in [6.07, 6.45) is 1.52. The van der Waals surface area contributed by atoms with E-state index < -0.39 is 0 Å². The zero-order valence-corrected chi connectivity index (χ0v) is 16.9. The van der Waals surface area contributed by atoms with E-state index in [0.717, 1.165) is 57.1 Å². The molecule has 0 bridgehead atoms. The molecule has 2 aromatic carbocycles. The van der Waals surface area contributed by atoms with Crippen molar-refractivity contribution in [3.05, 3.63) is 59.7 Å². The van der Waals surface area contributed by atoms with Gasteiger partial charge in [-0.05, 0) is 55.0 Å². The number of nitrogens with one attached hydrogen (secondary N) is 1. The number of ether oxygens (including phenoxy) is 1. The zero-order valence-electron chi connectivity index (χ0n) is 16.9. The topological polar surface area (TPSA) is 54.3 Å². The third-order valence-corrected chi connectivity index (χ3v) is 5.87. The molecule has 0 aromatic heterocycles. The van der Waals surface area contributed by atoms with E-state index in [4.69, 9.17) is 4.74 Å². The van der Waals surface area contributed by atoms with Crippen LogP contribution in [0.3, 0.4) is 0 Å². The van der Waals surface area contributed by atoms with E-state index in [2.05, 4.69) is 12.1 Å². The van der Waals surface area contributed by atoms with Crippen LogP contribution in [0.5, 0.6) is 5.75 Å². The van der Waals surface area contributed by atoms with Crippen LogP contribution >= 0.6 is 0 Å². The molecule has 6 heteroatoms. The van der Waals surface area contributed by atoms with Gasteiger partial charge in [0.25, 0.3) is 5.91 Å². The van der Waals surface area contributed by atoms with Crippen LogP contribution in [0.2, 0.25) is 0 Å². The average molecular weight is 394 g/mol. The lowest BCUT2D eigenvalue weighted by atomic mass is 10.1. The van der Waals surface area contributed by atoms with Gasteiger partial charge in [-0.25, -0.2) is 0 Å². The van der Waals surface area contributed by atoms with Gasteiger partial charge >= 0.3 is 0 Å². The molecule has 2 aliphatic heterocycles. The van der Waals surface area contributed by atoms with Crippen molar-refractivity contribution in [2.24, 2.45) is 0 Å². The molecule has 2 saturated heterocycles. The highest BCUT2D eigenvalue weighted by atomic mass is 16.5. The number of hydrogen-bond donors (Lipinski definition) is 1. The Labute approximate surface area is 171 Å². The number of nitrogens with zero attached hydrogens (tertiary/aromatic N) is 2. The summed E-state index contributed by atoms with van der Waals surface area (Å²) in [6.45, 7) is 5.14. The first-order chi connectivity index (χ1) is 14.1. The number of benzene rings is 2. The Hall–Kier alpha value is -2.86. The van der Waals surface area contributed by atoms with Crippen LogP contribution in [-0.4, -0.2) is 56.5 Å². The molecule has 1 N–H and O–H groups in total. The van der Waals surface area contributed by atoms with Gasteiger partial charge in [0.1, 0.15) is 12.3 Å². The Morgan fingerprint density at radius 1 is 1.00 bits per heavy atom. The smallest absolute Gasteiger partial charge is 0.254 e. The normalized spacial score (nSPS) is 17.6. The standard InChI is InChI=1S/C23H27N3O3/c1-29-21-10-4-18(5-11-21)17-24-13-15-25(16-14-24)23(28)19-6-8-20(9-7-19)26-12-2-3-22(26)27/h4-11H,2-3,12-17H2,1H3/p+1. The molecule has 0 unspecified atom stereocenters. The third-order valence-electron chi connectivity index (χ3n) is 5.87. The molecule has 0 atom stereocenters. The minimum absolute atomic E-state index is 0.0767. The molecule has 2 amide bonds. The maximum Gasteiger partial charge on any atom is 0.254 e. The minimum atomic E-state index is 0.0767. The number of methoxy groups -OCH3 is 1. The van der Waals surface area contributed by atoms with E-state index in [1.54, 1.807) is 12.0 Å². The molecular weight excluding hydrogens is 366 g/mol. The molecular formula is C23H28N3O3+. The summed E-state index contributed by atoms with van der Waals surface area (Å²) in [6, 6.07) is 15.7. The van der Waals surface area contributed by atoms with Gasteiger partial charge in [-0.1, -0.05) is 0 Å². The van der Waals surface area contributed by atoms with Crippen LogP contribution < -0.4 is 14.5 Å². The Morgan fingerprint density at radius 3 is 2.28 bits per heavy atom. The van der Waals surface area contributed by atoms with E-state index >= 15 is 0 Å². The Kier molecular flexibility index (Phi) is 5.81. The van der Waals surface area contributed by atoms with Crippen LogP contribution in [0.15, 0.2) is 48.5 Å². The lowest BCUT2D eigenvalue weighted by Crippen LogP contribution is -3.13. The third kappa shape index (κ3) is 4.43. The maximum atomic E-state index is 12.9. The molecule has 2 aromatic rings. The van der Waals surface area contributed by atoms with Gasteiger partial charge in [0.05, 0.1) is 33.3 Å². The van der Waals surface area contributed by atoms with Crippen molar-refractivity contribution in [3.8, 4) is 5.75 Å². The van der Waals surface area contributed by atoms with Gasteiger partial charge < -0.3 is 19.4 Å². The Bertz CT molecular complexity index is 856. The molecule has 152 valence electrons. The fraction of sp³-hybridized carbons (Fsp3) is 0.391. The highest BCUT2D eigenvalue weighted by Gasteiger charge is 2.25. The highest BCUT2D eigenvalue weighted by Crippen LogP contribution is 2.22. The molecule has 29 heavy (non-hydrogen) atoms. The SMILES string of the molecule is COc1ccc(C[NH+]2CCN(C(=O)c3ccc(N4CCCC4=O)cc3)CC2)cc1. The van der Waals surface area contributed by atoms with Crippen LogP contribution in [-0.2, 0) is 11.3 Å². The Balaban J connectivity index is 1.31. The van der Waals surface area contributed by atoms with Gasteiger partial charge in [-0.3, -0.25) is 9.59 Å². The quantitative estimate of drug-likeness (QED) is 0.833. The number of quaternary nitrogens is 1. The molecule has 0 spiro atoms. The van der Waals surface area contributed by atoms with Gasteiger partial charge in [-0.15, -0.1) is 0 Å². The van der Waals surface area contributed by atoms with E-state index in [1.807, 2.05) is 41.3 Å². The first kappa shape index (κ1) is 19.5. The van der Waals surface area contributed by atoms with Crippen molar-refractivity contribution in [1.82, 2.24) is 4.90 Å². The van der Waals surface area contributed by atoms with E-state index in [-0.39, 0.29) is 11.8 Å². The highest BCUT2D eigenvalue weighted by molar-refractivity contribution is 5.97. The van der Waals surface area contributed by atoms with Crippen LogP contribution in [0, 0.1) is 0 Å². The summed E-state index contributed by atoms with van der Waals surface area (Å²) >= 11 is 0. The number of hydrogen-bond acceptors (Lipinski definition) is 3. The number of piperazine rings is 1. The van der Waals surface area contributed by atoms with Gasteiger partial charge in [-0.2, -0.15) is 0 Å². The molecule has 0 saturated carbocycles. The summed E-state index contributed by atoms with van der Waals surface area (Å²) in [5, 5.41) is 0. The zero-order chi connectivity index (χ0) is 20.2. The van der Waals surface area contributed by atoms with E-state index in [9.17, 15) is 9.59 Å². The fourth-order valence-corrected chi connectivity index (χ4v) is 4.12. The number of carbonyl (C=O) groups is 2.